The fraction of sp³-hybridized carbons (Fsp3) is 0.333. The number of hydrogen-bond donors (Lipinski definition) is 0. The van der Waals surface area contributed by atoms with Crippen LogP contribution in [0.3, 0.4) is 0 Å². The Labute approximate surface area is 89.8 Å². The first-order valence-corrected chi connectivity index (χ1v) is 5.05. The van der Waals surface area contributed by atoms with Gasteiger partial charge in [0, 0.05) is 24.0 Å². The molecule has 1 rings (SSSR count). The molecule has 0 bridgehead atoms. The van der Waals surface area contributed by atoms with E-state index >= 15 is 0 Å². The Kier molecular flexibility index (Phi) is 5.15. The van der Waals surface area contributed by atoms with E-state index in [1.54, 1.807) is 12.4 Å². The Hall–Kier alpha value is -1.64. The van der Waals surface area contributed by atoms with Gasteiger partial charge in [-0.05, 0) is 12.5 Å². The smallest absolute Gasteiger partial charge is 0.330 e. The zero-order chi connectivity index (χ0) is 10.9. The maximum absolute atomic E-state index is 11.2. The topological polar surface area (TPSA) is 39.2 Å². The number of carbonyl (C=O) groups excluding carboxylic acids is 1. The number of ether oxygens (including phenoxy) is 1. The molecule has 0 aromatic carbocycles. The van der Waals surface area contributed by atoms with Gasteiger partial charge in [-0.1, -0.05) is 25.5 Å². The number of carbonyl (C=O) groups is 1. The summed E-state index contributed by atoms with van der Waals surface area (Å²) in [7, 11) is 0. The Morgan fingerprint density at radius 3 is 3.13 bits per heavy atom. The molecule has 0 saturated heterocycles. The van der Waals surface area contributed by atoms with Crippen molar-refractivity contribution in [3.63, 3.8) is 0 Å². The first kappa shape index (κ1) is 11.4. The lowest BCUT2D eigenvalue weighted by Crippen LogP contribution is -2.00. The highest BCUT2D eigenvalue weighted by atomic mass is 16.5. The summed E-state index contributed by atoms with van der Waals surface area (Å²) in [4.78, 5) is 15.1. The summed E-state index contributed by atoms with van der Waals surface area (Å²) in [6.45, 7) is 2.34. The molecule has 0 radical (unpaired) electrons. The molecule has 0 fully saturated rings. The Bertz CT molecular complexity index is 320. The van der Waals surface area contributed by atoms with Crippen molar-refractivity contribution in [1.82, 2.24) is 4.98 Å². The first-order chi connectivity index (χ1) is 7.33. The molecule has 1 heterocycles. The largest absolute Gasteiger partial charge is 0.458 e. The summed E-state index contributed by atoms with van der Waals surface area (Å²) in [5, 5.41) is 0. The molecule has 0 aliphatic carbocycles. The van der Waals surface area contributed by atoms with E-state index in [2.05, 4.69) is 11.9 Å². The molecule has 0 saturated carbocycles. The highest BCUT2D eigenvalue weighted by Gasteiger charge is 1.97. The number of allylic oxidation sites excluding steroid dienone is 1. The van der Waals surface area contributed by atoms with Crippen LogP contribution in [0.1, 0.15) is 25.3 Å². The number of hydrogen-bond acceptors (Lipinski definition) is 3. The Balaban J connectivity index is 2.28. The van der Waals surface area contributed by atoms with E-state index in [-0.39, 0.29) is 12.6 Å². The average Bonchev–Trinajstić information content (AvgIpc) is 2.28. The van der Waals surface area contributed by atoms with Crippen LogP contribution in [-0.4, -0.2) is 11.0 Å². The summed E-state index contributed by atoms with van der Waals surface area (Å²) in [6, 6.07) is 3.69. The van der Waals surface area contributed by atoms with Gasteiger partial charge in [0.25, 0.3) is 0 Å². The molecule has 15 heavy (non-hydrogen) atoms. The zero-order valence-corrected chi connectivity index (χ0v) is 8.85. The standard InChI is InChI=1S/C12H15NO2/c1-2-3-4-7-12(14)15-10-11-6-5-8-13-9-11/h4-9H,2-3,10H2,1H3. The fourth-order valence-corrected chi connectivity index (χ4v) is 1.03. The van der Waals surface area contributed by atoms with Crippen molar-refractivity contribution in [2.45, 2.75) is 26.4 Å². The van der Waals surface area contributed by atoms with Crippen LogP contribution in [0, 0.1) is 0 Å². The molecule has 0 atom stereocenters. The third kappa shape index (κ3) is 4.96. The second-order valence-corrected chi connectivity index (χ2v) is 3.16. The lowest BCUT2D eigenvalue weighted by Gasteiger charge is -2.00. The van der Waals surface area contributed by atoms with Gasteiger partial charge in [0.15, 0.2) is 0 Å². The van der Waals surface area contributed by atoms with Crippen molar-refractivity contribution in [3.8, 4) is 0 Å². The molecule has 0 aliphatic heterocycles. The van der Waals surface area contributed by atoms with Crippen molar-refractivity contribution in [3.05, 3.63) is 42.2 Å². The SMILES string of the molecule is CCCC=CC(=O)OCc1cccnc1. The van der Waals surface area contributed by atoms with Crippen molar-refractivity contribution in [2.24, 2.45) is 0 Å². The van der Waals surface area contributed by atoms with Gasteiger partial charge in [-0.3, -0.25) is 4.98 Å². The highest BCUT2D eigenvalue weighted by Crippen LogP contribution is 1.99. The second kappa shape index (κ2) is 6.76. The van der Waals surface area contributed by atoms with Crippen molar-refractivity contribution >= 4 is 5.97 Å². The van der Waals surface area contributed by atoms with Crippen LogP contribution in [0.2, 0.25) is 0 Å². The summed E-state index contributed by atoms with van der Waals surface area (Å²) in [5.74, 6) is -0.299. The normalized spacial score (nSPS) is 10.5. The van der Waals surface area contributed by atoms with Crippen LogP contribution >= 0.6 is 0 Å². The number of pyridine rings is 1. The molecule has 0 spiro atoms. The van der Waals surface area contributed by atoms with Crippen LogP contribution in [0.4, 0.5) is 0 Å². The minimum Gasteiger partial charge on any atom is -0.458 e. The maximum Gasteiger partial charge on any atom is 0.330 e. The van der Waals surface area contributed by atoms with E-state index in [1.807, 2.05) is 18.2 Å². The van der Waals surface area contributed by atoms with E-state index in [0.717, 1.165) is 18.4 Å². The highest BCUT2D eigenvalue weighted by molar-refractivity contribution is 5.81. The van der Waals surface area contributed by atoms with Gasteiger partial charge in [-0.25, -0.2) is 4.79 Å². The van der Waals surface area contributed by atoms with E-state index in [9.17, 15) is 4.79 Å². The van der Waals surface area contributed by atoms with Gasteiger partial charge in [0.1, 0.15) is 6.61 Å². The molecule has 80 valence electrons. The molecule has 1 aromatic heterocycles. The quantitative estimate of drug-likeness (QED) is 0.547. The van der Waals surface area contributed by atoms with E-state index in [0.29, 0.717) is 0 Å². The number of aromatic nitrogens is 1. The lowest BCUT2D eigenvalue weighted by atomic mass is 10.3. The van der Waals surface area contributed by atoms with Crippen LogP contribution in [-0.2, 0) is 16.1 Å². The number of unbranched alkanes of at least 4 members (excludes halogenated alkanes) is 1. The Morgan fingerprint density at radius 2 is 2.47 bits per heavy atom. The van der Waals surface area contributed by atoms with Crippen molar-refractivity contribution in [2.75, 3.05) is 0 Å². The van der Waals surface area contributed by atoms with Gasteiger partial charge in [-0.15, -0.1) is 0 Å². The molecule has 3 nitrogen and oxygen atoms in total. The van der Waals surface area contributed by atoms with Crippen molar-refractivity contribution in [1.29, 1.82) is 0 Å². The molecule has 1 aromatic rings. The predicted octanol–water partition coefficient (Wildman–Crippen LogP) is 2.48. The number of rotatable bonds is 5. The fourth-order valence-electron chi connectivity index (χ4n) is 1.03. The molecule has 0 unspecified atom stereocenters. The van der Waals surface area contributed by atoms with Crippen LogP contribution in [0.15, 0.2) is 36.7 Å². The lowest BCUT2D eigenvalue weighted by molar-refractivity contribution is -0.139. The third-order valence-electron chi connectivity index (χ3n) is 1.81. The number of esters is 1. The van der Waals surface area contributed by atoms with Gasteiger partial charge in [0.05, 0.1) is 0 Å². The van der Waals surface area contributed by atoms with Gasteiger partial charge in [-0.2, -0.15) is 0 Å². The first-order valence-electron chi connectivity index (χ1n) is 5.05. The summed E-state index contributed by atoms with van der Waals surface area (Å²) in [5.41, 5.74) is 0.898. The second-order valence-electron chi connectivity index (χ2n) is 3.16. The zero-order valence-electron chi connectivity index (χ0n) is 8.85. The van der Waals surface area contributed by atoms with E-state index < -0.39 is 0 Å². The van der Waals surface area contributed by atoms with E-state index in [1.165, 1.54) is 6.08 Å². The van der Waals surface area contributed by atoms with Gasteiger partial charge >= 0.3 is 5.97 Å². The molecule has 0 amide bonds. The van der Waals surface area contributed by atoms with Crippen LogP contribution in [0.5, 0.6) is 0 Å². The maximum atomic E-state index is 11.2. The van der Waals surface area contributed by atoms with Gasteiger partial charge < -0.3 is 4.74 Å². The monoisotopic (exact) mass is 205 g/mol. The van der Waals surface area contributed by atoms with Gasteiger partial charge in [0.2, 0.25) is 0 Å². The van der Waals surface area contributed by atoms with Crippen LogP contribution < -0.4 is 0 Å². The molecule has 0 aliphatic rings. The minimum atomic E-state index is -0.299. The predicted molar refractivity (Wildman–Crippen MR) is 58.1 cm³/mol. The van der Waals surface area contributed by atoms with E-state index in [4.69, 9.17) is 4.74 Å². The van der Waals surface area contributed by atoms with Crippen molar-refractivity contribution < 1.29 is 9.53 Å². The number of nitrogens with zero attached hydrogens (tertiary/aromatic N) is 1. The average molecular weight is 205 g/mol. The minimum absolute atomic E-state index is 0.281. The molecule has 0 N–H and O–H groups in total. The summed E-state index contributed by atoms with van der Waals surface area (Å²) < 4.78 is 5.01. The summed E-state index contributed by atoms with van der Waals surface area (Å²) in [6.07, 6.45) is 8.61. The summed E-state index contributed by atoms with van der Waals surface area (Å²) >= 11 is 0. The van der Waals surface area contributed by atoms with Crippen LogP contribution in [0.25, 0.3) is 0 Å². The third-order valence-corrected chi connectivity index (χ3v) is 1.81. The molecular weight excluding hydrogens is 190 g/mol. The molecular formula is C12H15NO2. The molecule has 3 heteroatoms. The Morgan fingerprint density at radius 1 is 1.60 bits per heavy atom.